The Morgan fingerprint density at radius 2 is 1.93 bits per heavy atom. The van der Waals surface area contributed by atoms with Crippen LogP contribution in [-0.4, -0.2) is 32.0 Å². The van der Waals surface area contributed by atoms with Crippen molar-refractivity contribution in [2.75, 3.05) is 16.0 Å². The molecule has 1 aliphatic rings. The minimum absolute atomic E-state index is 0.00427. The fourth-order valence-electron chi connectivity index (χ4n) is 3.68. The Labute approximate surface area is 176 Å². The maximum absolute atomic E-state index is 13.2. The van der Waals surface area contributed by atoms with Crippen molar-refractivity contribution in [3.63, 3.8) is 0 Å². The van der Waals surface area contributed by atoms with Gasteiger partial charge in [-0.2, -0.15) is 0 Å². The van der Waals surface area contributed by atoms with E-state index < -0.39 is 21.6 Å². The average Bonchev–Trinajstić information content (AvgIpc) is 3.03. The zero-order valence-corrected chi connectivity index (χ0v) is 18.1. The molecule has 0 saturated heterocycles. The Morgan fingerprint density at radius 3 is 2.60 bits per heavy atom. The Kier molecular flexibility index (Phi) is 6.26. The summed E-state index contributed by atoms with van der Waals surface area (Å²) in [5.74, 6) is -1.20. The van der Waals surface area contributed by atoms with Crippen LogP contribution >= 0.6 is 0 Å². The molecule has 1 atom stereocenters. The van der Waals surface area contributed by atoms with Gasteiger partial charge in [0.15, 0.2) is 9.84 Å². The molecule has 0 spiro atoms. The normalized spacial score (nSPS) is 15.7. The van der Waals surface area contributed by atoms with Crippen molar-refractivity contribution in [1.82, 2.24) is 0 Å². The second kappa shape index (κ2) is 8.55. The number of nitrogens with one attached hydrogen (secondary N) is 1. The highest BCUT2D eigenvalue weighted by Gasteiger charge is 2.31. The van der Waals surface area contributed by atoms with Crippen LogP contribution in [0.25, 0.3) is 0 Å². The number of rotatable bonds is 6. The number of hydrogen-bond acceptors (Lipinski definition) is 4. The molecule has 2 aromatic carbocycles. The lowest BCUT2D eigenvalue weighted by molar-refractivity contribution is -0.118. The first-order valence-electron chi connectivity index (χ1n) is 9.86. The average molecular weight is 433 g/mol. The molecule has 2 aromatic rings. The molecule has 0 radical (unpaired) electrons. The molecule has 160 valence electrons. The van der Waals surface area contributed by atoms with Gasteiger partial charge in [0, 0.05) is 30.3 Å². The number of aryl methyl sites for hydroxylation is 1. The maximum Gasteiger partial charge on any atom is 0.226 e. The van der Waals surface area contributed by atoms with Crippen molar-refractivity contribution < 1.29 is 22.4 Å². The van der Waals surface area contributed by atoms with E-state index in [1.54, 1.807) is 30.9 Å². The molecule has 0 aromatic heterocycles. The fraction of sp³-hybridized carbons (Fsp3) is 0.364. The van der Waals surface area contributed by atoms with Gasteiger partial charge in [-0.1, -0.05) is 6.92 Å². The van der Waals surface area contributed by atoms with Crippen LogP contribution in [-0.2, 0) is 25.8 Å². The van der Waals surface area contributed by atoms with Crippen molar-refractivity contribution in [3.05, 3.63) is 53.3 Å². The molecule has 2 amide bonds. The molecule has 3 rings (SSSR count). The van der Waals surface area contributed by atoms with Gasteiger partial charge in [-0.05, 0) is 67.8 Å². The number of halogens is 1. The monoisotopic (exact) mass is 432 g/mol. The van der Waals surface area contributed by atoms with Gasteiger partial charge in [-0.25, -0.2) is 12.8 Å². The van der Waals surface area contributed by atoms with E-state index in [0.29, 0.717) is 24.1 Å². The van der Waals surface area contributed by atoms with Crippen LogP contribution < -0.4 is 10.2 Å². The predicted molar refractivity (Wildman–Crippen MR) is 114 cm³/mol. The molecule has 8 heteroatoms. The molecule has 0 saturated carbocycles. The summed E-state index contributed by atoms with van der Waals surface area (Å²) in [5, 5.41) is 2.62. The molecule has 1 N–H and O–H groups in total. The number of benzene rings is 2. The number of anilines is 2. The third-order valence-electron chi connectivity index (χ3n) is 5.26. The van der Waals surface area contributed by atoms with Crippen molar-refractivity contribution in [3.8, 4) is 0 Å². The van der Waals surface area contributed by atoms with E-state index in [1.165, 1.54) is 24.3 Å². The molecule has 1 heterocycles. The Bertz CT molecular complexity index is 1100. The minimum Gasteiger partial charge on any atom is -0.326 e. The Balaban J connectivity index is 1.70. The van der Waals surface area contributed by atoms with Gasteiger partial charge < -0.3 is 10.2 Å². The van der Waals surface area contributed by atoms with E-state index >= 15 is 0 Å². The minimum atomic E-state index is -3.67. The molecule has 0 unspecified atom stereocenters. The Hall–Kier alpha value is -2.74. The summed E-state index contributed by atoms with van der Waals surface area (Å²) in [4.78, 5) is 26.2. The van der Waals surface area contributed by atoms with Gasteiger partial charge in [0.1, 0.15) is 5.82 Å². The van der Waals surface area contributed by atoms with Crippen LogP contribution in [0.4, 0.5) is 15.8 Å². The van der Waals surface area contributed by atoms with Crippen LogP contribution in [0.1, 0.15) is 37.8 Å². The van der Waals surface area contributed by atoms with E-state index in [9.17, 15) is 22.4 Å². The summed E-state index contributed by atoms with van der Waals surface area (Å²) >= 11 is 0. The summed E-state index contributed by atoms with van der Waals surface area (Å²) in [5.41, 5.74) is 2.57. The molecule has 30 heavy (non-hydrogen) atoms. The predicted octanol–water partition coefficient (Wildman–Crippen LogP) is 3.62. The number of amides is 2. The summed E-state index contributed by atoms with van der Waals surface area (Å²) < 4.78 is 38.7. The van der Waals surface area contributed by atoms with E-state index in [2.05, 4.69) is 5.32 Å². The summed E-state index contributed by atoms with van der Waals surface area (Å²) in [6, 6.07) is 8.72. The summed E-state index contributed by atoms with van der Waals surface area (Å²) in [6.07, 6.45) is 0.758. The molecule has 6 nitrogen and oxygen atoms in total. The number of carbonyl (C=O) groups excluding carboxylic acids is 2. The highest BCUT2D eigenvalue weighted by atomic mass is 32.2. The molecular formula is C22H25FN2O4S. The number of hydrogen-bond donors (Lipinski definition) is 1. The topological polar surface area (TPSA) is 83.6 Å². The SMILES string of the molecule is CCC(=O)N1c2ccc(S(=O)(=O)CCC(=O)Nc3ccc(F)cc3C)cc2C[C@@H]1C. The van der Waals surface area contributed by atoms with Gasteiger partial charge >= 0.3 is 0 Å². The van der Waals surface area contributed by atoms with Crippen LogP contribution in [0.2, 0.25) is 0 Å². The number of carbonyl (C=O) groups is 2. The standard InChI is InChI=1S/C22H25FN2O4S/c1-4-22(27)25-15(3)12-16-13-18(6-8-20(16)25)30(28,29)10-9-21(26)24-19-7-5-17(23)11-14(19)2/h5-8,11,13,15H,4,9-10,12H2,1-3H3,(H,24,26)/t15-/m0/s1. The third-order valence-corrected chi connectivity index (χ3v) is 6.97. The Morgan fingerprint density at radius 1 is 1.20 bits per heavy atom. The summed E-state index contributed by atoms with van der Waals surface area (Å²) in [6.45, 7) is 5.39. The number of fused-ring (bicyclic) bond motifs is 1. The molecule has 0 fully saturated rings. The molecule has 0 bridgehead atoms. The molecule has 1 aliphatic heterocycles. The number of sulfone groups is 1. The van der Waals surface area contributed by atoms with Crippen LogP contribution in [0.5, 0.6) is 0 Å². The quantitative estimate of drug-likeness (QED) is 0.756. The first-order chi connectivity index (χ1) is 14.1. The first kappa shape index (κ1) is 22.0. The second-order valence-electron chi connectivity index (χ2n) is 7.54. The van der Waals surface area contributed by atoms with Crippen molar-refractivity contribution in [2.24, 2.45) is 0 Å². The highest BCUT2D eigenvalue weighted by molar-refractivity contribution is 7.91. The lowest BCUT2D eigenvalue weighted by atomic mass is 10.1. The zero-order chi connectivity index (χ0) is 22.1. The van der Waals surface area contributed by atoms with E-state index in [0.717, 1.165) is 11.3 Å². The van der Waals surface area contributed by atoms with Gasteiger partial charge in [0.25, 0.3) is 0 Å². The van der Waals surface area contributed by atoms with Crippen molar-refractivity contribution in [1.29, 1.82) is 0 Å². The van der Waals surface area contributed by atoms with Gasteiger partial charge in [0.05, 0.1) is 10.6 Å². The van der Waals surface area contributed by atoms with E-state index in [1.807, 2.05) is 6.92 Å². The van der Waals surface area contributed by atoms with Crippen LogP contribution in [0.15, 0.2) is 41.3 Å². The second-order valence-corrected chi connectivity index (χ2v) is 9.65. The van der Waals surface area contributed by atoms with Gasteiger partial charge in [-0.15, -0.1) is 0 Å². The zero-order valence-electron chi connectivity index (χ0n) is 17.2. The first-order valence-corrected chi connectivity index (χ1v) is 11.5. The largest absolute Gasteiger partial charge is 0.326 e. The number of nitrogens with zero attached hydrogens (tertiary/aromatic N) is 1. The van der Waals surface area contributed by atoms with Gasteiger partial charge in [-0.3, -0.25) is 9.59 Å². The summed E-state index contributed by atoms with van der Waals surface area (Å²) in [7, 11) is -3.67. The smallest absolute Gasteiger partial charge is 0.226 e. The van der Waals surface area contributed by atoms with E-state index in [-0.39, 0.29) is 29.0 Å². The lowest BCUT2D eigenvalue weighted by Crippen LogP contribution is -2.35. The van der Waals surface area contributed by atoms with Crippen molar-refractivity contribution in [2.45, 2.75) is 51.0 Å². The fourth-order valence-corrected chi connectivity index (χ4v) is 4.96. The third kappa shape index (κ3) is 4.53. The van der Waals surface area contributed by atoms with Crippen LogP contribution in [0.3, 0.4) is 0 Å². The van der Waals surface area contributed by atoms with Gasteiger partial charge in [0.2, 0.25) is 11.8 Å². The maximum atomic E-state index is 13.2. The molecule has 0 aliphatic carbocycles. The van der Waals surface area contributed by atoms with Crippen LogP contribution in [0, 0.1) is 12.7 Å². The highest BCUT2D eigenvalue weighted by Crippen LogP contribution is 2.34. The molecular weight excluding hydrogens is 407 g/mol. The van der Waals surface area contributed by atoms with Crippen molar-refractivity contribution >= 4 is 33.0 Å². The lowest BCUT2D eigenvalue weighted by Gasteiger charge is -2.22. The van der Waals surface area contributed by atoms with E-state index in [4.69, 9.17) is 0 Å².